The summed E-state index contributed by atoms with van der Waals surface area (Å²) >= 11 is 0. The van der Waals surface area contributed by atoms with Crippen molar-refractivity contribution in [3.63, 3.8) is 0 Å². The molecule has 0 radical (unpaired) electrons. The number of primary sulfonamides is 1. The number of rotatable bonds is 4. The van der Waals surface area contributed by atoms with Crippen molar-refractivity contribution in [1.82, 2.24) is 15.3 Å². The van der Waals surface area contributed by atoms with Crippen molar-refractivity contribution < 1.29 is 17.6 Å². The molecular formula is C17H19FN6O3S. The Morgan fingerprint density at radius 1 is 1.32 bits per heavy atom. The molecule has 1 aromatic heterocycles. The highest BCUT2D eigenvalue weighted by Crippen LogP contribution is 2.40. The normalized spacial score (nSPS) is 20.8. The highest BCUT2D eigenvalue weighted by Gasteiger charge is 2.51. The van der Waals surface area contributed by atoms with Crippen molar-refractivity contribution in [2.24, 2.45) is 5.14 Å². The number of carbonyl (C=O) groups is 1. The van der Waals surface area contributed by atoms with Crippen molar-refractivity contribution in [3.05, 3.63) is 36.3 Å². The van der Waals surface area contributed by atoms with Crippen molar-refractivity contribution in [1.29, 1.82) is 0 Å². The molecule has 1 saturated heterocycles. The fraction of sp³-hybridized carbons (Fsp3) is 0.353. The second-order valence-electron chi connectivity index (χ2n) is 7.13. The zero-order valence-corrected chi connectivity index (χ0v) is 15.8. The monoisotopic (exact) mass is 406 g/mol. The average Bonchev–Trinajstić information content (AvgIpc) is 3.38. The summed E-state index contributed by atoms with van der Waals surface area (Å²) in [5, 5.41) is 11.0. The standard InChI is InChI=1S/C17H19FN6O3S/c1-10-15(25)23-17(6-7-17)9-24(10)14-13(18)8-20-16(22-14)21-11-2-4-12(5-3-11)28(19,26)27/h2-5,8,10H,6-7,9H2,1H3,(H,23,25)(H2,19,26,27)(H,20,21,22)/t10-/m0/s1. The Balaban J connectivity index is 1.60. The van der Waals surface area contributed by atoms with Gasteiger partial charge in [0.25, 0.3) is 0 Å². The van der Waals surface area contributed by atoms with Gasteiger partial charge in [0, 0.05) is 12.2 Å². The number of halogens is 1. The number of nitrogens with zero attached hydrogens (tertiary/aromatic N) is 3. The Labute approximate surface area is 161 Å². The van der Waals surface area contributed by atoms with E-state index in [2.05, 4.69) is 20.6 Å². The van der Waals surface area contributed by atoms with Gasteiger partial charge in [-0.3, -0.25) is 4.79 Å². The third-order valence-electron chi connectivity index (χ3n) is 5.00. The molecule has 1 aromatic carbocycles. The third kappa shape index (κ3) is 3.50. The fourth-order valence-corrected chi connectivity index (χ4v) is 3.69. The van der Waals surface area contributed by atoms with E-state index in [4.69, 9.17) is 5.14 Å². The lowest BCUT2D eigenvalue weighted by molar-refractivity contribution is -0.124. The minimum atomic E-state index is -3.79. The molecule has 4 rings (SSSR count). The summed E-state index contributed by atoms with van der Waals surface area (Å²) in [6.07, 6.45) is 2.76. The first-order chi connectivity index (χ1) is 13.2. The van der Waals surface area contributed by atoms with E-state index < -0.39 is 21.9 Å². The van der Waals surface area contributed by atoms with Gasteiger partial charge in [-0.1, -0.05) is 0 Å². The van der Waals surface area contributed by atoms with E-state index in [-0.39, 0.29) is 28.1 Å². The molecule has 11 heteroatoms. The van der Waals surface area contributed by atoms with E-state index in [0.717, 1.165) is 19.0 Å². The Morgan fingerprint density at radius 2 is 2.00 bits per heavy atom. The molecule has 1 spiro atoms. The van der Waals surface area contributed by atoms with Crippen molar-refractivity contribution in [3.8, 4) is 0 Å². The van der Waals surface area contributed by atoms with E-state index in [9.17, 15) is 17.6 Å². The van der Waals surface area contributed by atoms with Crippen LogP contribution < -0.4 is 20.7 Å². The van der Waals surface area contributed by atoms with Crippen LogP contribution in [-0.4, -0.2) is 42.4 Å². The van der Waals surface area contributed by atoms with Crippen molar-refractivity contribution in [2.75, 3.05) is 16.8 Å². The minimum Gasteiger partial charge on any atom is -0.347 e. The van der Waals surface area contributed by atoms with Gasteiger partial charge in [0.05, 0.1) is 16.6 Å². The summed E-state index contributed by atoms with van der Waals surface area (Å²) in [7, 11) is -3.79. The predicted molar refractivity (Wildman–Crippen MR) is 100 cm³/mol. The highest BCUT2D eigenvalue weighted by molar-refractivity contribution is 7.89. The van der Waals surface area contributed by atoms with Crippen LogP contribution in [0.15, 0.2) is 35.4 Å². The maximum absolute atomic E-state index is 14.4. The van der Waals surface area contributed by atoms with Crippen LogP contribution in [0.2, 0.25) is 0 Å². The lowest BCUT2D eigenvalue weighted by atomic mass is 10.1. The van der Waals surface area contributed by atoms with Gasteiger partial charge in [0.1, 0.15) is 6.04 Å². The maximum Gasteiger partial charge on any atom is 0.242 e. The van der Waals surface area contributed by atoms with E-state index >= 15 is 0 Å². The van der Waals surface area contributed by atoms with Crippen LogP contribution in [0.4, 0.5) is 21.8 Å². The van der Waals surface area contributed by atoms with Crippen molar-refractivity contribution in [2.45, 2.75) is 36.2 Å². The van der Waals surface area contributed by atoms with Gasteiger partial charge in [-0.2, -0.15) is 4.98 Å². The van der Waals surface area contributed by atoms with Gasteiger partial charge >= 0.3 is 0 Å². The van der Waals surface area contributed by atoms with Gasteiger partial charge in [-0.15, -0.1) is 0 Å². The fourth-order valence-electron chi connectivity index (χ4n) is 3.18. The van der Waals surface area contributed by atoms with E-state index in [1.54, 1.807) is 11.8 Å². The molecule has 28 heavy (non-hydrogen) atoms. The quantitative estimate of drug-likeness (QED) is 0.686. The number of aromatic nitrogens is 2. The zero-order chi connectivity index (χ0) is 20.1. The number of nitrogens with one attached hydrogen (secondary N) is 2. The number of nitrogens with two attached hydrogens (primary N) is 1. The largest absolute Gasteiger partial charge is 0.347 e. The summed E-state index contributed by atoms with van der Waals surface area (Å²) in [5.74, 6) is -0.600. The first kappa shape index (κ1) is 18.6. The first-order valence-corrected chi connectivity index (χ1v) is 10.2. The predicted octanol–water partition coefficient (Wildman–Crippen LogP) is 0.864. The summed E-state index contributed by atoms with van der Waals surface area (Å²) in [6, 6.07) is 5.13. The minimum absolute atomic E-state index is 0.0263. The molecule has 4 N–H and O–H groups in total. The molecule has 2 fully saturated rings. The van der Waals surface area contributed by atoms with Crippen LogP contribution >= 0.6 is 0 Å². The molecule has 1 aliphatic heterocycles. The topological polar surface area (TPSA) is 130 Å². The summed E-state index contributed by atoms with van der Waals surface area (Å²) in [4.78, 5) is 22.0. The van der Waals surface area contributed by atoms with E-state index in [0.29, 0.717) is 12.2 Å². The van der Waals surface area contributed by atoms with Crippen LogP contribution in [0.25, 0.3) is 0 Å². The second-order valence-corrected chi connectivity index (χ2v) is 8.69. The van der Waals surface area contributed by atoms with E-state index in [1.807, 2.05) is 0 Å². The Hall–Kier alpha value is -2.79. The molecule has 148 valence electrons. The molecule has 2 aromatic rings. The second kappa shape index (κ2) is 6.38. The number of carbonyl (C=O) groups excluding carboxylic acids is 1. The first-order valence-electron chi connectivity index (χ1n) is 8.68. The van der Waals surface area contributed by atoms with Gasteiger partial charge < -0.3 is 15.5 Å². The number of sulfonamides is 1. The Morgan fingerprint density at radius 3 is 2.61 bits per heavy atom. The van der Waals surface area contributed by atoms with Gasteiger partial charge in [-0.25, -0.2) is 22.9 Å². The summed E-state index contributed by atoms with van der Waals surface area (Å²) in [5.41, 5.74) is 0.214. The number of benzene rings is 1. The van der Waals surface area contributed by atoms with Crippen LogP contribution in [0, 0.1) is 5.82 Å². The summed E-state index contributed by atoms with van der Waals surface area (Å²) < 4.78 is 37.1. The van der Waals surface area contributed by atoms with Crippen LogP contribution in [0.1, 0.15) is 19.8 Å². The lowest BCUT2D eigenvalue weighted by Gasteiger charge is -2.39. The average molecular weight is 406 g/mol. The van der Waals surface area contributed by atoms with Crippen LogP contribution in [0.5, 0.6) is 0 Å². The van der Waals surface area contributed by atoms with E-state index in [1.165, 1.54) is 24.3 Å². The van der Waals surface area contributed by atoms with Gasteiger partial charge in [0.15, 0.2) is 11.6 Å². The number of hydrogen-bond acceptors (Lipinski definition) is 7. The van der Waals surface area contributed by atoms with Gasteiger partial charge in [0.2, 0.25) is 21.9 Å². The van der Waals surface area contributed by atoms with Gasteiger partial charge in [-0.05, 0) is 44.0 Å². The van der Waals surface area contributed by atoms with Crippen LogP contribution in [0.3, 0.4) is 0 Å². The molecular weight excluding hydrogens is 387 g/mol. The smallest absolute Gasteiger partial charge is 0.242 e. The molecule has 2 heterocycles. The number of piperazine rings is 1. The Kier molecular flexibility index (Phi) is 4.23. The Bertz CT molecular complexity index is 1040. The SMILES string of the molecule is C[C@H]1C(=O)NC2(CC2)CN1c1nc(Nc2ccc(S(N)(=O)=O)cc2)ncc1F. The molecule has 0 unspecified atom stereocenters. The molecule has 2 aliphatic rings. The number of anilines is 3. The summed E-state index contributed by atoms with van der Waals surface area (Å²) in [6.45, 7) is 2.18. The molecule has 0 bridgehead atoms. The number of amides is 1. The molecule has 1 amide bonds. The number of hydrogen-bond donors (Lipinski definition) is 3. The third-order valence-corrected chi connectivity index (χ3v) is 5.93. The molecule has 1 aliphatic carbocycles. The van der Waals surface area contributed by atoms with Crippen molar-refractivity contribution >= 4 is 33.4 Å². The lowest BCUT2D eigenvalue weighted by Crippen LogP contribution is -2.61. The molecule has 9 nitrogen and oxygen atoms in total. The molecule has 1 atom stereocenters. The van der Waals surface area contributed by atoms with Crippen LogP contribution in [-0.2, 0) is 14.8 Å². The molecule has 1 saturated carbocycles. The zero-order valence-electron chi connectivity index (χ0n) is 15.0. The highest BCUT2D eigenvalue weighted by atomic mass is 32.2. The maximum atomic E-state index is 14.4.